The van der Waals surface area contributed by atoms with Crippen LogP contribution in [0.4, 0.5) is 8.78 Å². The Kier molecular flexibility index (Phi) is 4.36. The number of hydrogen-bond acceptors (Lipinski definition) is 4. The maximum Gasteiger partial charge on any atom is 0.234 e. The van der Waals surface area contributed by atoms with E-state index in [9.17, 15) is 13.6 Å². The summed E-state index contributed by atoms with van der Waals surface area (Å²) in [6.07, 6.45) is 1.57. The van der Waals surface area contributed by atoms with Crippen molar-refractivity contribution in [2.75, 3.05) is 6.54 Å². The fourth-order valence-corrected chi connectivity index (χ4v) is 1.58. The van der Waals surface area contributed by atoms with Gasteiger partial charge in [-0.2, -0.15) is 0 Å². The van der Waals surface area contributed by atoms with Crippen LogP contribution in [0.3, 0.4) is 0 Å². The molecule has 1 aromatic carbocycles. The lowest BCUT2D eigenvalue weighted by molar-refractivity contribution is -0.119. The van der Waals surface area contributed by atoms with Gasteiger partial charge in [0, 0.05) is 11.6 Å². The predicted molar refractivity (Wildman–Crippen MR) is 66.4 cm³/mol. The standard InChI is InChI=1S/C12H13F2N5O/c13-9-2-1-8(11(14)3-9)6-19-7-10(17-18-19)5-16-12(20)4-15/h1-3,7H,4-6,15H2,(H,16,20). The Balaban J connectivity index is 2.00. The summed E-state index contributed by atoms with van der Waals surface area (Å²) < 4.78 is 27.6. The van der Waals surface area contributed by atoms with Crippen molar-refractivity contribution in [2.45, 2.75) is 13.1 Å². The molecule has 0 saturated carbocycles. The normalized spacial score (nSPS) is 10.6. The van der Waals surface area contributed by atoms with Crippen LogP contribution in [0.2, 0.25) is 0 Å². The minimum Gasteiger partial charge on any atom is -0.349 e. The number of nitrogens with one attached hydrogen (secondary N) is 1. The number of nitrogens with two attached hydrogens (primary N) is 1. The summed E-state index contributed by atoms with van der Waals surface area (Å²) in [5.41, 5.74) is 5.97. The lowest BCUT2D eigenvalue weighted by atomic mass is 10.2. The molecule has 1 aromatic heterocycles. The molecule has 2 aromatic rings. The lowest BCUT2D eigenvalue weighted by Gasteiger charge is -2.02. The Bertz CT molecular complexity index is 614. The van der Waals surface area contributed by atoms with Crippen LogP contribution in [0, 0.1) is 11.6 Å². The first kappa shape index (κ1) is 14.1. The Labute approximate surface area is 113 Å². The van der Waals surface area contributed by atoms with Gasteiger partial charge in [0.05, 0.1) is 25.8 Å². The molecule has 1 amide bonds. The molecule has 0 atom stereocenters. The third-order valence-corrected chi connectivity index (χ3v) is 2.59. The van der Waals surface area contributed by atoms with Crippen LogP contribution in [0.15, 0.2) is 24.4 Å². The maximum atomic E-state index is 13.5. The van der Waals surface area contributed by atoms with E-state index in [1.54, 1.807) is 6.20 Å². The van der Waals surface area contributed by atoms with Gasteiger partial charge in [0.25, 0.3) is 0 Å². The number of rotatable bonds is 5. The largest absolute Gasteiger partial charge is 0.349 e. The molecule has 0 aliphatic heterocycles. The average Bonchev–Trinajstić information content (AvgIpc) is 2.87. The highest BCUT2D eigenvalue weighted by atomic mass is 19.1. The molecule has 106 valence electrons. The van der Waals surface area contributed by atoms with E-state index in [2.05, 4.69) is 15.6 Å². The van der Waals surface area contributed by atoms with Crippen molar-refractivity contribution < 1.29 is 13.6 Å². The van der Waals surface area contributed by atoms with Crippen molar-refractivity contribution >= 4 is 5.91 Å². The number of nitrogens with zero attached hydrogens (tertiary/aromatic N) is 3. The van der Waals surface area contributed by atoms with Gasteiger partial charge in [-0.1, -0.05) is 11.3 Å². The predicted octanol–water partition coefficient (Wildman–Crippen LogP) is 0.179. The second-order valence-corrected chi connectivity index (χ2v) is 4.12. The summed E-state index contributed by atoms with van der Waals surface area (Å²) in [5.74, 6) is -1.57. The molecule has 3 N–H and O–H groups in total. The molecule has 0 unspecified atom stereocenters. The zero-order valence-corrected chi connectivity index (χ0v) is 10.5. The van der Waals surface area contributed by atoms with E-state index in [1.807, 2.05) is 0 Å². The Morgan fingerprint density at radius 1 is 1.40 bits per heavy atom. The quantitative estimate of drug-likeness (QED) is 0.818. The number of halogens is 2. The average molecular weight is 281 g/mol. The molecule has 0 aliphatic carbocycles. The summed E-state index contributed by atoms with van der Waals surface area (Å²) in [7, 11) is 0. The van der Waals surface area contributed by atoms with Crippen LogP contribution in [-0.2, 0) is 17.9 Å². The van der Waals surface area contributed by atoms with Crippen molar-refractivity contribution in [3.63, 3.8) is 0 Å². The molecule has 8 heteroatoms. The highest BCUT2D eigenvalue weighted by Gasteiger charge is 2.07. The highest BCUT2D eigenvalue weighted by Crippen LogP contribution is 2.10. The molecule has 0 bridgehead atoms. The highest BCUT2D eigenvalue weighted by molar-refractivity contribution is 5.77. The monoisotopic (exact) mass is 281 g/mol. The van der Waals surface area contributed by atoms with Crippen molar-refractivity contribution in [3.05, 3.63) is 47.3 Å². The molecule has 0 aliphatic rings. The van der Waals surface area contributed by atoms with Crippen LogP contribution < -0.4 is 11.1 Å². The van der Waals surface area contributed by atoms with Crippen molar-refractivity contribution in [3.8, 4) is 0 Å². The molecule has 20 heavy (non-hydrogen) atoms. The first-order valence-corrected chi connectivity index (χ1v) is 5.88. The molecular formula is C12H13F2N5O. The van der Waals surface area contributed by atoms with Gasteiger partial charge < -0.3 is 11.1 Å². The number of benzene rings is 1. The summed E-state index contributed by atoms with van der Waals surface area (Å²) in [5, 5.41) is 10.2. The molecule has 0 saturated heterocycles. The lowest BCUT2D eigenvalue weighted by Crippen LogP contribution is -2.29. The van der Waals surface area contributed by atoms with Gasteiger partial charge >= 0.3 is 0 Å². The van der Waals surface area contributed by atoms with Crippen LogP contribution >= 0.6 is 0 Å². The smallest absolute Gasteiger partial charge is 0.234 e. The number of amides is 1. The Morgan fingerprint density at radius 3 is 2.90 bits per heavy atom. The summed E-state index contributed by atoms with van der Waals surface area (Å²) in [6, 6.07) is 3.34. The zero-order valence-electron chi connectivity index (χ0n) is 10.5. The van der Waals surface area contributed by atoms with Gasteiger partial charge in [0.15, 0.2) is 0 Å². The molecule has 2 rings (SSSR count). The van der Waals surface area contributed by atoms with Crippen molar-refractivity contribution in [2.24, 2.45) is 5.73 Å². The van der Waals surface area contributed by atoms with E-state index >= 15 is 0 Å². The van der Waals surface area contributed by atoms with Gasteiger partial charge in [-0.15, -0.1) is 5.10 Å². The summed E-state index contributed by atoms with van der Waals surface area (Å²) >= 11 is 0. The van der Waals surface area contributed by atoms with Crippen LogP contribution in [-0.4, -0.2) is 27.4 Å². The Morgan fingerprint density at radius 2 is 2.20 bits per heavy atom. The Hall–Kier alpha value is -2.35. The fourth-order valence-electron chi connectivity index (χ4n) is 1.58. The summed E-state index contributed by atoms with van der Waals surface area (Å²) in [6.45, 7) is 0.223. The van der Waals surface area contributed by atoms with Gasteiger partial charge in [-0.3, -0.25) is 4.79 Å². The second-order valence-electron chi connectivity index (χ2n) is 4.12. The molecule has 0 fully saturated rings. The minimum absolute atomic E-state index is 0.102. The first-order chi connectivity index (χ1) is 9.58. The maximum absolute atomic E-state index is 13.5. The molecular weight excluding hydrogens is 268 g/mol. The van der Waals surface area contributed by atoms with E-state index in [1.165, 1.54) is 16.8 Å². The van der Waals surface area contributed by atoms with E-state index < -0.39 is 11.6 Å². The third-order valence-electron chi connectivity index (χ3n) is 2.59. The molecule has 0 spiro atoms. The second kappa shape index (κ2) is 6.20. The van der Waals surface area contributed by atoms with E-state index in [0.717, 1.165) is 6.07 Å². The van der Waals surface area contributed by atoms with E-state index in [4.69, 9.17) is 5.73 Å². The van der Waals surface area contributed by atoms with Gasteiger partial charge in [0.2, 0.25) is 5.91 Å². The van der Waals surface area contributed by atoms with E-state index in [-0.39, 0.29) is 25.5 Å². The number of aromatic nitrogens is 3. The fraction of sp³-hybridized carbons (Fsp3) is 0.250. The van der Waals surface area contributed by atoms with Crippen LogP contribution in [0.25, 0.3) is 0 Å². The van der Waals surface area contributed by atoms with Crippen molar-refractivity contribution in [1.82, 2.24) is 20.3 Å². The van der Waals surface area contributed by atoms with Gasteiger partial charge in [0.1, 0.15) is 17.3 Å². The zero-order chi connectivity index (χ0) is 14.5. The SMILES string of the molecule is NCC(=O)NCc1cn(Cc2ccc(F)cc2F)nn1. The minimum atomic E-state index is -0.640. The molecule has 6 nitrogen and oxygen atoms in total. The molecule has 0 radical (unpaired) electrons. The van der Waals surface area contributed by atoms with Gasteiger partial charge in [-0.25, -0.2) is 13.5 Å². The van der Waals surface area contributed by atoms with Gasteiger partial charge in [-0.05, 0) is 6.07 Å². The summed E-state index contributed by atoms with van der Waals surface area (Å²) in [4.78, 5) is 11.0. The topological polar surface area (TPSA) is 85.8 Å². The van der Waals surface area contributed by atoms with Crippen LogP contribution in [0.5, 0.6) is 0 Å². The number of carbonyl (C=O) groups excluding carboxylic acids is 1. The van der Waals surface area contributed by atoms with E-state index in [0.29, 0.717) is 11.3 Å². The number of hydrogen-bond donors (Lipinski definition) is 2. The first-order valence-electron chi connectivity index (χ1n) is 5.88. The van der Waals surface area contributed by atoms with Crippen LogP contribution in [0.1, 0.15) is 11.3 Å². The number of carbonyl (C=O) groups is 1. The molecule has 1 heterocycles. The van der Waals surface area contributed by atoms with Crippen molar-refractivity contribution in [1.29, 1.82) is 0 Å². The third kappa shape index (κ3) is 3.58.